The number of carbonyl (C=O) groups excluding carboxylic acids is 3. The number of benzene rings is 1. The molecule has 9 heteroatoms. The topological polar surface area (TPSA) is 107 Å². The Hall–Kier alpha value is -3.13. The van der Waals surface area contributed by atoms with E-state index in [2.05, 4.69) is 15.6 Å². The lowest BCUT2D eigenvalue weighted by Crippen LogP contribution is -2.29. The lowest BCUT2D eigenvalue weighted by molar-refractivity contribution is 0.0601. The maximum absolute atomic E-state index is 12.9. The van der Waals surface area contributed by atoms with Crippen molar-refractivity contribution in [1.29, 1.82) is 0 Å². The highest BCUT2D eigenvalue weighted by Gasteiger charge is 2.23. The first-order chi connectivity index (χ1) is 13.8. The summed E-state index contributed by atoms with van der Waals surface area (Å²) in [5.74, 6) is -1.44. The lowest BCUT2D eigenvalue weighted by atomic mass is 10.1. The molecule has 0 aliphatic heterocycles. The smallest absolute Gasteiger partial charge is 0.413 e. The van der Waals surface area contributed by atoms with Crippen molar-refractivity contribution in [2.24, 2.45) is 0 Å². The quantitative estimate of drug-likeness (QED) is 0.688. The molecule has 0 unspecified atom stereocenters. The number of nitrogens with zero attached hydrogens (tertiary/aromatic N) is 1. The van der Waals surface area contributed by atoms with E-state index in [-0.39, 0.29) is 27.7 Å². The fourth-order valence-corrected chi connectivity index (χ4v) is 2.69. The Bertz CT molecular complexity index is 946. The van der Waals surface area contributed by atoms with Crippen LogP contribution in [0.3, 0.4) is 0 Å². The number of aromatic nitrogens is 1. The third kappa shape index (κ3) is 5.45. The lowest BCUT2D eigenvalue weighted by Gasteiger charge is -2.15. The molecule has 0 bridgehead atoms. The van der Waals surface area contributed by atoms with Crippen molar-refractivity contribution < 1.29 is 23.9 Å². The zero-order valence-electron chi connectivity index (χ0n) is 16.6. The molecule has 0 atom stereocenters. The Morgan fingerprint density at radius 3 is 2.52 bits per heavy atom. The predicted octanol–water partition coefficient (Wildman–Crippen LogP) is 3.89. The van der Waals surface area contributed by atoms with Crippen LogP contribution in [0.4, 0.5) is 10.5 Å². The minimum Gasteiger partial charge on any atom is -0.465 e. The zero-order chi connectivity index (χ0) is 21.6. The normalized spacial score (nSPS) is 10.2. The van der Waals surface area contributed by atoms with Crippen molar-refractivity contribution in [1.82, 2.24) is 10.3 Å². The van der Waals surface area contributed by atoms with Gasteiger partial charge in [-0.25, -0.2) is 14.6 Å². The van der Waals surface area contributed by atoms with Crippen LogP contribution in [0, 0.1) is 13.8 Å². The Labute approximate surface area is 173 Å². The summed E-state index contributed by atoms with van der Waals surface area (Å²) in [4.78, 5) is 41.1. The van der Waals surface area contributed by atoms with Gasteiger partial charge in [0.1, 0.15) is 5.56 Å². The molecule has 2 rings (SSSR count). The second-order valence-electron chi connectivity index (χ2n) is 6.18. The summed E-state index contributed by atoms with van der Waals surface area (Å²) in [7, 11) is 1.24. The van der Waals surface area contributed by atoms with E-state index in [9.17, 15) is 14.4 Å². The van der Waals surface area contributed by atoms with Crippen LogP contribution >= 0.6 is 11.6 Å². The molecule has 29 heavy (non-hydrogen) atoms. The fourth-order valence-electron chi connectivity index (χ4n) is 2.48. The number of ether oxygens (including phenoxy) is 2. The number of halogens is 1. The van der Waals surface area contributed by atoms with Crippen LogP contribution in [0.25, 0.3) is 0 Å². The van der Waals surface area contributed by atoms with E-state index >= 15 is 0 Å². The maximum Gasteiger partial charge on any atom is 0.413 e. The molecule has 0 spiro atoms. The first-order valence-corrected chi connectivity index (χ1v) is 9.28. The minimum absolute atomic E-state index is 0.00985. The zero-order valence-corrected chi connectivity index (χ0v) is 17.3. The number of methoxy groups -OCH3 is 1. The van der Waals surface area contributed by atoms with Gasteiger partial charge in [0, 0.05) is 12.2 Å². The maximum atomic E-state index is 12.9. The van der Waals surface area contributed by atoms with Crippen LogP contribution in [0.2, 0.25) is 5.02 Å². The number of hydrogen-bond acceptors (Lipinski definition) is 6. The van der Waals surface area contributed by atoms with Crippen molar-refractivity contribution >= 4 is 35.3 Å². The summed E-state index contributed by atoms with van der Waals surface area (Å²) in [6, 6.07) is 6.28. The van der Waals surface area contributed by atoms with Crippen molar-refractivity contribution in [3.8, 4) is 5.88 Å². The number of aryl methyl sites for hydroxylation is 2. The second kappa shape index (κ2) is 9.88. The fraction of sp³-hybridized carbons (Fsp3) is 0.300. The average molecular weight is 420 g/mol. The number of amides is 2. The molecule has 8 nitrogen and oxygen atoms in total. The first-order valence-electron chi connectivity index (χ1n) is 8.90. The van der Waals surface area contributed by atoms with Gasteiger partial charge in [0.2, 0.25) is 5.88 Å². The van der Waals surface area contributed by atoms with E-state index in [1.807, 2.05) is 6.92 Å². The standard InChI is InChI=1S/C20H22ClN3O5/c1-5-10-22-20(27)29-18-13(8-7-12(3)23-18)17(25)24-16-14(21)9-6-11(2)15(16)19(26)28-4/h6-9H,5,10H2,1-4H3,(H,22,27)(H,24,25). The number of rotatable bonds is 6. The molecule has 0 aliphatic rings. The van der Waals surface area contributed by atoms with Gasteiger partial charge in [-0.3, -0.25) is 4.79 Å². The monoisotopic (exact) mass is 419 g/mol. The van der Waals surface area contributed by atoms with Crippen LogP contribution in [-0.2, 0) is 4.74 Å². The van der Waals surface area contributed by atoms with Gasteiger partial charge in [0.15, 0.2) is 0 Å². The molecule has 0 fully saturated rings. The van der Waals surface area contributed by atoms with Gasteiger partial charge in [-0.05, 0) is 44.0 Å². The van der Waals surface area contributed by atoms with Gasteiger partial charge in [0.05, 0.1) is 23.4 Å². The Morgan fingerprint density at radius 2 is 1.86 bits per heavy atom. The van der Waals surface area contributed by atoms with Gasteiger partial charge in [0.25, 0.3) is 5.91 Å². The van der Waals surface area contributed by atoms with E-state index in [0.29, 0.717) is 17.8 Å². The summed E-state index contributed by atoms with van der Waals surface area (Å²) < 4.78 is 9.98. The largest absolute Gasteiger partial charge is 0.465 e. The van der Waals surface area contributed by atoms with Crippen LogP contribution in [0.1, 0.15) is 45.3 Å². The molecule has 2 aromatic rings. The number of nitrogens with one attached hydrogen (secondary N) is 2. The molecule has 2 N–H and O–H groups in total. The summed E-state index contributed by atoms with van der Waals surface area (Å²) in [6.45, 7) is 5.71. The molecule has 0 saturated carbocycles. The average Bonchev–Trinajstić information content (AvgIpc) is 2.68. The summed E-state index contributed by atoms with van der Waals surface area (Å²) >= 11 is 6.21. The van der Waals surface area contributed by atoms with Gasteiger partial charge in [-0.1, -0.05) is 24.6 Å². The summed E-state index contributed by atoms with van der Waals surface area (Å²) in [5, 5.41) is 5.31. The Morgan fingerprint density at radius 1 is 1.14 bits per heavy atom. The van der Waals surface area contributed by atoms with E-state index in [1.54, 1.807) is 32.0 Å². The SMILES string of the molecule is CCCNC(=O)Oc1nc(C)ccc1C(=O)Nc1c(Cl)ccc(C)c1C(=O)OC. The van der Waals surface area contributed by atoms with Crippen LogP contribution in [0.15, 0.2) is 24.3 Å². The molecule has 1 aromatic carbocycles. The molecule has 0 aliphatic carbocycles. The minimum atomic E-state index is -0.720. The Kier molecular flexibility index (Phi) is 7.55. The van der Waals surface area contributed by atoms with Crippen LogP contribution in [-0.4, -0.2) is 36.6 Å². The number of esters is 1. The number of hydrogen-bond donors (Lipinski definition) is 2. The highest BCUT2D eigenvalue weighted by Crippen LogP contribution is 2.30. The molecule has 0 saturated heterocycles. The molecule has 1 aromatic heterocycles. The third-order valence-corrected chi connectivity index (χ3v) is 4.26. The van der Waals surface area contributed by atoms with Crippen molar-refractivity contribution in [3.63, 3.8) is 0 Å². The van der Waals surface area contributed by atoms with E-state index in [0.717, 1.165) is 6.42 Å². The highest BCUT2D eigenvalue weighted by atomic mass is 35.5. The number of pyridine rings is 1. The van der Waals surface area contributed by atoms with Crippen molar-refractivity contribution in [2.45, 2.75) is 27.2 Å². The second-order valence-corrected chi connectivity index (χ2v) is 6.59. The molecular formula is C20H22ClN3O5. The van der Waals surface area contributed by atoms with Gasteiger partial charge in [-0.2, -0.15) is 0 Å². The van der Waals surface area contributed by atoms with Gasteiger partial charge < -0.3 is 20.1 Å². The van der Waals surface area contributed by atoms with Gasteiger partial charge >= 0.3 is 12.1 Å². The molecule has 154 valence electrons. The molecule has 0 radical (unpaired) electrons. The number of anilines is 1. The van der Waals surface area contributed by atoms with E-state index in [4.69, 9.17) is 21.1 Å². The van der Waals surface area contributed by atoms with Crippen molar-refractivity contribution in [3.05, 3.63) is 51.7 Å². The van der Waals surface area contributed by atoms with Crippen LogP contribution < -0.4 is 15.4 Å². The predicted molar refractivity (Wildman–Crippen MR) is 109 cm³/mol. The van der Waals surface area contributed by atoms with Gasteiger partial charge in [-0.15, -0.1) is 0 Å². The number of carbonyl (C=O) groups is 3. The summed E-state index contributed by atoms with van der Waals surface area (Å²) in [5.41, 5.74) is 1.38. The van der Waals surface area contributed by atoms with E-state index < -0.39 is 18.0 Å². The van der Waals surface area contributed by atoms with Crippen molar-refractivity contribution in [2.75, 3.05) is 19.0 Å². The van der Waals surface area contributed by atoms with E-state index in [1.165, 1.54) is 13.2 Å². The third-order valence-electron chi connectivity index (χ3n) is 3.94. The molecule has 1 heterocycles. The Balaban J connectivity index is 2.39. The summed E-state index contributed by atoms with van der Waals surface area (Å²) in [6.07, 6.45) is 0.00843. The molecular weight excluding hydrogens is 398 g/mol. The highest BCUT2D eigenvalue weighted by molar-refractivity contribution is 6.35. The first kappa shape index (κ1) is 22.2. The van der Waals surface area contributed by atoms with Crippen LogP contribution in [0.5, 0.6) is 5.88 Å². The molecule has 2 amide bonds.